The van der Waals surface area contributed by atoms with Crippen molar-refractivity contribution in [2.45, 2.75) is 13.8 Å². The molecule has 0 atom stereocenters. The number of carbonyl (C=O) groups is 2. The molecule has 0 fully saturated rings. The highest BCUT2D eigenvalue weighted by molar-refractivity contribution is 6.06. The van der Waals surface area contributed by atoms with Crippen LogP contribution in [0.1, 0.15) is 22.8 Å². The number of nitrogens with zero attached hydrogens (tertiary/aromatic N) is 1. The molecule has 3 aromatic carbocycles. The summed E-state index contributed by atoms with van der Waals surface area (Å²) in [6, 6.07) is 24.4. The van der Waals surface area contributed by atoms with E-state index in [1.165, 1.54) is 0 Å². The number of para-hydroxylation sites is 1. The van der Waals surface area contributed by atoms with E-state index in [1.54, 1.807) is 29.2 Å². The SMILES string of the molecule is CCN(C(=O)c1ccc(NC(=O)CNc2cccc(C)c2)cc1)c1ccccc1. The van der Waals surface area contributed by atoms with Crippen molar-refractivity contribution in [3.8, 4) is 0 Å². The van der Waals surface area contributed by atoms with E-state index in [0.717, 1.165) is 16.9 Å². The van der Waals surface area contributed by atoms with E-state index in [-0.39, 0.29) is 18.4 Å². The first-order chi connectivity index (χ1) is 14.1. The second kappa shape index (κ2) is 9.55. The van der Waals surface area contributed by atoms with E-state index in [1.807, 2.05) is 68.4 Å². The summed E-state index contributed by atoms with van der Waals surface area (Å²) >= 11 is 0. The van der Waals surface area contributed by atoms with Gasteiger partial charge in [-0.05, 0) is 67.9 Å². The molecule has 0 aliphatic rings. The van der Waals surface area contributed by atoms with Crippen molar-refractivity contribution in [3.05, 3.63) is 90.0 Å². The van der Waals surface area contributed by atoms with E-state index >= 15 is 0 Å². The molecule has 3 aromatic rings. The predicted octanol–water partition coefficient (Wildman–Crippen LogP) is 4.71. The van der Waals surface area contributed by atoms with Gasteiger partial charge in [0.25, 0.3) is 5.91 Å². The highest BCUT2D eigenvalue weighted by Crippen LogP contribution is 2.18. The van der Waals surface area contributed by atoms with Crippen molar-refractivity contribution in [1.29, 1.82) is 0 Å². The number of amides is 2. The third kappa shape index (κ3) is 5.45. The Bertz CT molecular complexity index is 969. The molecule has 148 valence electrons. The van der Waals surface area contributed by atoms with Crippen LogP contribution in [-0.4, -0.2) is 24.9 Å². The van der Waals surface area contributed by atoms with Crippen LogP contribution in [0.3, 0.4) is 0 Å². The average molecular weight is 387 g/mol. The molecule has 29 heavy (non-hydrogen) atoms. The summed E-state index contributed by atoms with van der Waals surface area (Å²) in [7, 11) is 0. The Morgan fingerprint density at radius 1 is 0.862 bits per heavy atom. The highest BCUT2D eigenvalue weighted by Gasteiger charge is 2.15. The van der Waals surface area contributed by atoms with Crippen LogP contribution in [0, 0.1) is 6.92 Å². The fourth-order valence-corrected chi connectivity index (χ4v) is 3.05. The van der Waals surface area contributed by atoms with Crippen LogP contribution in [0.15, 0.2) is 78.9 Å². The van der Waals surface area contributed by atoms with Crippen LogP contribution in [0.2, 0.25) is 0 Å². The van der Waals surface area contributed by atoms with E-state index in [9.17, 15) is 9.59 Å². The van der Waals surface area contributed by atoms with Gasteiger partial charge in [0.1, 0.15) is 0 Å². The van der Waals surface area contributed by atoms with Crippen LogP contribution >= 0.6 is 0 Å². The number of hydrogen-bond acceptors (Lipinski definition) is 3. The molecule has 2 amide bonds. The molecule has 0 saturated heterocycles. The van der Waals surface area contributed by atoms with Gasteiger partial charge >= 0.3 is 0 Å². The standard InChI is InChI=1S/C24H25N3O2/c1-3-27(22-10-5-4-6-11-22)24(29)19-12-14-20(15-13-19)26-23(28)17-25-21-9-7-8-18(2)16-21/h4-16,25H,3,17H2,1-2H3,(H,26,28). The largest absolute Gasteiger partial charge is 0.376 e. The van der Waals surface area contributed by atoms with E-state index in [4.69, 9.17) is 0 Å². The maximum Gasteiger partial charge on any atom is 0.258 e. The summed E-state index contributed by atoms with van der Waals surface area (Å²) in [6.07, 6.45) is 0. The molecule has 0 aromatic heterocycles. The van der Waals surface area contributed by atoms with Gasteiger partial charge < -0.3 is 15.5 Å². The Hall–Kier alpha value is -3.60. The van der Waals surface area contributed by atoms with Crippen LogP contribution in [-0.2, 0) is 4.79 Å². The molecule has 5 heteroatoms. The molecule has 0 saturated carbocycles. The van der Waals surface area contributed by atoms with Crippen molar-refractivity contribution in [3.63, 3.8) is 0 Å². The summed E-state index contributed by atoms with van der Waals surface area (Å²) in [5.74, 6) is -0.220. The molecule has 0 heterocycles. The van der Waals surface area contributed by atoms with Gasteiger partial charge in [-0.25, -0.2) is 0 Å². The summed E-state index contributed by atoms with van der Waals surface area (Å²) in [4.78, 5) is 26.7. The molecule has 5 nitrogen and oxygen atoms in total. The first-order valence-corrected chi connectivity index (χ1v) is 9.64. The van der Waals surface area contributed by atoms with Gasteiger partial charge in [-0.1, -0.05) is 30.3 Å². The first-order valence-electron chi connectivity index (χ1n) is 9.64. The highest BCUT2D eigenvalue weighted by atomic mass is 16.2. The average Bonchev–Trinajstić information content (AvgIpc) is 2.74. The van der Waals surface area contributed by atoms with Crippen LogP contribution < -0.4 is 15.5 Å². The van der Waals surface area contributed by atoms with Gasteiger partial charge in [-0.3, -0.25) is 9.59 Å². The molecular weight excluding hydrogens is 362 g/mol. The molecule has 0 aliphatic heterocycles. The monoisotopic (exact) mass is 387 g/mol. The van der Waals surface area contributed by atoms with Gasteiger partial charge in [0.15, 0.2) is 0 Å². The molecule has 0 aliphatic carbocycles. The Kier molecular flexibility index (Phi) is 6.63. The lowest BCUT2D eigenvalue weighted by atomic mass is 10.1. The maximum absolute atomic E-state index is 12.8. The minimum atomic E-state index is -0.148. The Balaban J connectivity index is 1.59. The van der Waals surface area contributed by atoms with Crippen molar-refractivity contribution in [1.82, 2.24) is 0 Å². The van der Waals surface area contributed by atoms with Gasteiger partial charge in [0, 0.05) is 29.2 Å². The molecule has 3 rings (SSSR count). The summed E-state index contributed by atoms with van der Waals surface area (Å²) in [5, 5.41) is 5.94. The second-order valence-corrected chi connectivity index (χ2v) is 6.73. The van der Waals surface area contributed by atoms with E-state index < -0.39 is 0 Å². The lowest BCUT2D eigenvalue weighted by Gasteiger charge is -2.21. The van der Waals surface area contributed by atoms with Crippen molar-refractivity contribution >= 4 is 28.9 Å². The zero-order valence-corrected chi connectivity index (χ0v) is 16.7. The summed E-state index contributed by atoms with van der Waals surface area (Å²) in [6.45, 7) is 4.69. The van der Waals surface area contributed by atoms with Gasteiger partial charge in [-0.2, -0.15) is 0 Å². The van der Waals surface area contributed by atoms with Crippen LogP contribution in [0.5, 0.6) is 0 Å². The second-order valence-electron chi connectivity index (χ2n) is 6.73. The number of carbonyl (C=O) groups excluding carboxylic acids is 2. The van der Waals surface area contributed by atoms with Gasteiger partial charge in [-0.15, -0.1) is 0 Å². The molecule has 0 spiro atoms. The number of nitrogens with one attached hydrogen (secondary N) is 2. The topological polar surface area (TPSA) is 61.4 Å². The number of aryl methyl sites for hydroxylation is 1. The van der Waals surface area contributed by atoms with Crippen molar-refractivity contribution in [2.24, 2.45) is 0 Å². The van der Waals surface area contributed by atoms with Gasteiger partial charge in [0.05, 0.1) is 6.54 Å². The van der Waals surface area contributed by atoms with Crippen molar-refractivity contribution < 1.29 is 9.59 Å². The van der Waals surface area contributed by atoms with Crippen LogP contribution in [0.4, 0.5) is 17.1 Å². The lowest BCUT2D eigenvalue weighted by Crippen LogP contribution is -2.30. The predicted molar refractivity (Wildman–Crippen MR) is 119 cm³/mol. The zero-order chi connectivity index (χ0) is 20.6. The number of anilines is 3. The van der Waals surface area contributed by atoms with Crippen molar-refractivity contribution in [2.75, 3.05) is 28.6 Å². The van der Waals surface area contributed by atoms with E-state index in [0.29, 0.717) is 17.8 Å². The molecule has 0 bridgehead atoms. The minimum absolute atomic E-state index is 0.0716. The Morgan fingerprint density at radius 2 is 1.59 bits per heavy atom. The smallest absolute Gasteiger partial charge is 0.258 e. The summed E-state index contributed by atoms with van der Waals surface area (Å²) < 4.78 is 0. The van der Waals surface area contributed by atoms with Crippen LogP contribution in [0.25, 0.3) is 0 Å². The quantitative estimate of drug-likeness (QED) is 0.617. The number of rotatable bonds is 7. The lowest BCUT2D eigenvalue weighted by molar-refractivity contribution is -0.114. The fraction of sp³-hybridized carbons (Fsp3) is 0.167. The zero-order valence-electron chi connectivity index (χ0n) is 16.7. The normalized spacial score (nSPS) is 10.3. The third-order valence-corrected chi connectivity index (χ3v) is 4.52. The maximum atomic E-state index is 12.8. The number of hydrogen-bond donors (Lipinski definition) is 2. The molecule has 2 N–H and O–H groups in total. The Morgan fingerprint density at radius 3 is 2.24 bits per heavy atom. The number of benzene rings is 3. The molecule has 0 unspecified atom stereocenters. The third-order valence-electron chi connectivity index (χ3n) is 4.52. The molecule has 0 radical (unpaired) electrons. The summed E-state index contributed by atoms with van der Waals surface area (Å²) in [5.41, 5.74) is 4.13. The fourth-order valence-electron chi connectivity index (χ4n) is 3.05. The van der Waals surface area contributed by atoms with E-state index in [2.05, 4.69) is 10.6 Å². The molecular formula is C24H25N3O2. The Labute approximate surface area is 171 Å². The minimum Gasteiger partial charge on any atom is -0.376 e. The van der Waals surface area contributed by atoms with Gasteiger partial charge in [0.2, 0.25) is 5.91 Å². The first kappa shape index (κ1) is 20.1.